The summed E-state index contributed by atoms with van der Waals surface area (Å²) in [4.78, 5) is 57.8. The zero-order chi connectivity index (χ0) is 42.9. The van der Waals surface area contributed by atoms with Crippen molar-refractivity contribution in [3.05, 3.63) is 36.5 Å². The summed E-state index contributed by atoms with van der Waals surface area (Å²) >= 11 is 0. The molecule has 13 heteroatoms. The number of allylic oxidation sites excluding steroid dienone is 4. The van der Waals surface area contributed by atoms with Crippen molar-refractivity contribution in [2.45, 2.75) is 160 Å². The van der Waals surface area contributed by atoms with Crippen molar-refractivity contribution in [3.8, 4) is 0 Å². The van der Waals surface area contributed by atoms with Crippen molar-refractivity contribution >= 4 is 23.4 Å². The lowest BCUT2D eigenvalue weighted by molar-refractivity contribution is -0.302. The predicted octanol–water partition coefficient (Wildman–Crippen LogP) is 4.89. The molecule has 58 heavy (non-hydrogen) atoms. The van der Waals surface area contributed by atoms with Crippen LogP contribution in [0.3, 0.4) is 0 Å². The molecule has 1 saturated carbocycles. The van der Waals surface area contributed by atoms with E-state index in [1.165, 1.54) is 19.1 Å². The molecule has 13 nitrogen and oxygen atoms in total. The smallest absolute Gasteiger partial charge is 0.329 e. The first-order valence-electron chi connectivity index (χ1n) is 21.4. The Morgan fingerprint density at radius 2 is 1.60 bits per heavy atom. The average molecular weight is 818 g/mol. The maximum absolute atomic E-state index is 14.3. The first-order valence-corrected chi connectivity index (χ1v) is 21.4. The van der Waals surface area contributed by atoms with Crippen LogP contribution in [0.5, 0.6) is 0 Å². The molecule has 0 aromatic heterocycles. The van der Waals surface area contributed by atoms with Crippen molar-refractivity contribution in [1.29, 1.82) is 0 Å². The second-order valence-corrected chi connectivity index (χ2v) is 17.6. The summed E-state index contributed by atoms with van der Waals surface area (Å²) in [5.74, 6) is -7.99. The number of carbonyl (C=O) groups is 4. The summed E-state index contributed by atoms with van der Waals surface area (Å²) in [6.45, 7) is 13.2. The summed E-state index contributed by atoms with van der Waals surface area (Å²) in [5, 5.41) is 34.1. The lowest BCUT2D eigenvalue weighted by Gasteiger charge is -2.47. The SMILES string of the molecule is C=CC[C@@H]1/C=C(/C)C[C@H](C)C[C@H](OC)[C@H]2O[C@@](O)(C(=O)C(=O)N3CCCC[C@H]3C(=O)O[C@@H]([C@@H](C)/C=C/[C@@H]3CC[C@@H](O)[C@H](OC)C3)[C@H](C)[C@@H](O)CC1=O)[C@H](C)C[C@@H]2OC. The van der Waals surface area contributed by atoms with E-state index in [1.807, 2.05) is 39.0 Å². The summed E-state index contributed by atoms with van der Waals surface area (Å²) < 4.78 is 29.8. The number of methoxy groups -OCH3 is 3. The molecule has 3 heterocycles. The van der Waals surface area contributed by atoms with E-state index in [9.17, 15) is 34.5 Å². The molecule has 2 saturated heterocycles. The van der Waals surface area contributed by atoms with Crippen LogP contribution in [0.4, 0.5) is 0 Å². The quantitative estimate of drug-likeness (QED) is 0.172. The number of ether oxygens (including phenoxy) is 5. The molecule has 0 radical (unpaired) electrons. The number of fused-ring (bicyclic) bond motifs is 3. The first-order chi connectivity index (χ1) is 27.5. The van der Waals surface area contributed by atoms with Crippen molar-refractivity contribution in [2.24, 2.45) is 35.5 Å². The van der Waals surface area contributed by atoms with E-state index in [0.717, 1.165) is 12.0 Å². The highest BCUT2D eigenvalue weighted by Crippen LogP contribution is 2.39. The molecule has 15 atom stereocenters. The number of cyclic esters (lactones) is 1. The number of rotatable bonds is 8. The van der Waals surface area contributed by atoms with E-state index in [4.69, 9.17) is 23.7 Å². The van der Waals surface area contributed by atoms with Crippen LogP contribution < -0.4 is 0 Å². The Kier molecular flexibility index (Phi) is 17.9. The molecule has 328 valence electrons. The van der Waals surface area contributed by atoms with E-state index < -0.39 is 89.8 Å². The Hall–Kier alpha value is -2.78. The Morgan fingerprint density at radius 3 is 2.26 bits per heavy atom. The van der Waals surface area contributed by atoms with Crippen LogP contribution in [0.1, 0.15) is 105 Å². The maximum atomic E-state index is 14.3. The lowest BCUT2D eigenvalue weighted by Crippen LogP contribution is -2.64. The second-order valence-electron chi connectivity index (χ2n) is 17.6. The molecule has 1 aliphatic carbocycles. The third-order valence-corrected chi connectivity index (χ3v) is 13.2. The number of aliphatic hydroxyl groups is 3. The molecule has 0 unspecified atom stereocenters. The first kappa shape index (κ1) is 47.9. The minimum absolute atomic E-state index is 0.0120. The van der Waals surface area contributed by atoms with E-state index in [1.54, 1.807) is 27.0 Å². The van der Waals surface area contributed by atoms with Gasteiger partial charge in [-0.3, -0.25) is 14.4 Å². The molecule has 3 aliphatic heterocycles. The largest absolute Gasteiger partial charge is 0.460 e. The monoisotopic (exact) mass is 817 g/mol. The van der Waals surface area contributed by atoms with Gasteiger partial charge in [0.05, 0.1) is 30.5 Å². The van der Waals surface area contributed by atoms with Crippen molar-refractivity contribution in [3.63, 3.8) is 0 Å². The topological polar surface area (TPSA) is 178 Å². The van der Waals surface area contributed by atoms with Gasteiger partial charge in [0.1, 0.15) is 24.0 Å². The number of aliphatic hydroxyl groups excluding tert-OH is 2. The lowest BCUT2D eigenvalue weighted by atomic mass is 9.81. The predicted molar refractivity (Wildman–Crippen MR) is 217 cm³/mol. The summed E-state index contributed by atoms with van der Waals surface area (Å²) in [6.07, 6.45) is 7.38. The molecule has 4 rings (SSSR count). The molecule has 0 spiro atoms. The van der Waals surface area contributed by atoms with Gasteiger partial charge in [-0.1, -0.05) is 57.6 Å². The van der Waals surface area contributed by atoms with Gasteiger partial charge >= 0.3 is 5.97 Å². The van der Waals surface area contributed by atoms with Crippen molar-refractivity contribution in [2.75, 3.05) is 27.9 Å². The van der Waals surface area contributed by atoms with Crippen molar-refractivity contribution < 1.29 is 58.2 Å². The number of ketones is 2. The number of nitrogens with zero attached hydrogens (tertiary/aromatic N) is 1. The van der Waals surface area contributed by atoms with Crippen LogP contribution in [0.25, 0.3) is 0 Å². The fraction of sp³-hybridized carbons (Fsp3) is 0.778. The number of carbonyl (C=O) groups excluding carboxylic acids is 4. The van der Waals surface area contributed by atoms with Crippen LogP contribution in [-0.2, 0) is 42.9 Å². The molecule has 1 amide bonds. The Balaban J connectivity index is 1.75. The highest BCUT2D eigenvalue weighted by molar-refractivity contribution is 6.39. The van der Waals surface area contributed by atoms with E-state index in [2.05, 4.69) is 6.58 Å². The third-order valence-electron chi connectivity index (χ3n) is 13.2. The number of amides is 1. The highest BCUT2D eigenvalue weighted by atomic mass is 16.7. The van der Waals surface area contributed by atoms with Gasteiger partial charge in [0.25, 0.3) is 11.7 Å². The average Bonchev–Trinajstić information content (AvgIpc) is 3.20. The summed E-state index contributed by atoms with van der Waals surface area (Å²) in [7, 11) is 4.63. The van der Waals surface area contributed by atoms with Gasteiger partial charge in [0.15, 0.2) is 0 Å². The van der Waals surface area contributed by atoms with Gasteiger partial charge in [-0.2, -0.15) is 0 Å². The van der Waals surface area contributed by atoms with Crippen LogP contribution in [0, 0.1) is 35.5 Å². The summed E-state index contributed by atoms with van der Waals surface area (Å²) in [5.41, 5.74) is 0.961. The molecular formula is C45H71NO12. The van der Waals surface area contributed by atoms with E-state index in [-0.39, 0.29) is 49.5 Å². The number of hydrogen-bond acceptors (Lipinski definition) is 12. The molecule has 0 aromatic carbocycles. The maximum Gasteiger partial charge on any atom is 0.329 e. The normalized spacial score (nSPS) is 40.8. The molecular weight excluding hydrogens is 746 g/mol. The fourth-order valence-corrected chi connectivity index (χ4v) is 9.53. The third kappa shape index (κ3) is 11.5. The Labute approximate surface area is 345 Å². The van der Waals surface area contributed by atoms with E-state index in [0.29, 0.717) is 44.9 Å². The van der Waals surface area contributed by atoms with Gasteiger partial charge in [0.2, 0.25) is 5.79 Å². The van der Waals surface area contributed by atoms with Gasteiger partial charge < -0.3 is 43.9 Å². The molecule has 3 fully saturated rings. The summed E-state index contributed by atoms with van der Waals surface area (Å²) in [6, 6.07) is -1.13. The van der Waals surface area contributed by atoms with Crippen molar-refractivity contribution in [1.82, 2.24) is 4.90 Å². The molecule has 2 bridgehead atoms. The van der Waals surface area contributed by atoms with Crippen LogP contribution in [0.15, 0.2) is 36.5 Å². The Bertz CT molecular complexity index is 1480. The van der Waals surface area contributed by atoms with Crippen LogP contribution in [-0.4, -0.2) is 126 Å². The minimum Gasteiger partial charge on any atom is -0.460 e. The zero-order valence-electron chi connectivity index (χ0n) is 36.0. The fourth-order valence-electron chi connectivity index (χ4n) is 9.53. The number of piperidine rings is 1. The van der Waals surface area contributed by atoms with Gasteiger partial charge in [0, 0.05) is 58.0 Å². The minimum atomic E-state index is -2.51. The van der Waals surface area contributed by atoms with E-state index >= 15 is 0 Å². The highest BCUT2D eigenvalue weighted by Gasteiger charge is 2.56. The van der Waals surface area contributed by atoms with Crippen LogP contribution >= 0.6 is 0 Å². The second kappa shape index (κ2) is 21.7. The molecule has 0 aromatic rings. The Morgan fingerprint density at radius 1 is 0.931 bits per heavy atom. The molecule has 3 N–H and O–H groups in total. The zero-order valence-corrected chi connectivity index (χ0v) is 36.0. The number of hydrogen-bond donors (Lipinski definition) is 3. The van der Waals surface area contributed by atoms with Gasteiger partial charge in [-0.05, 0) is 83.0 Å². The van der Waals surface area contributed by atoms with Gasteiger partial charge in [-0.25, -0.2) is 4.79 Å². The van der Waals surface area contributed by atoms with Crippen LogP contribution in [0.2, 0.25) is 0 Å². The number of Topliss-reactive ketones (excluding diaryl/α,β-unsaturated/α-hetero) is 2. The standard InChI is InChI=1S/C45H71NO12/c1-10-13-32-21-26(2)20-27(3)22-38(55-8)41-39(56-9)23-29(5)45(53,58-41)42(50)43(51)46-19-12-11-14-33(46)44(52)57-40(30(6)35(48)25-36(32)49)28(4)15-16-31-17-18-34(47)37(24-31)54-7/h10,15-16,21,27-35,37-41,47-48,53H,1,11-14,17-20,22-25H2,2-9H3/b16-15+,26-21-/t27-,28-,29+,30+,31+,32+,33-,34+,35-,37+,38-,39-,40-,41+,45+/m0/s1. The molecule has 4 aliphatic rings. The number of esters is 1. The van der Waals surface area contributed by atoms with Gasteiger partial charge in [-0.15, -0.1) is 6.58 Å².